The van der Waals surface area contributed by atoms with Gasteiger partial charge in [0.15, 0.2) is 17.2 Å². The molecule has 0 aliphatic carbocycles. The van der Waals surface area contributed by atoms with E-state index in [1.807, 2.05) is 36.5 Å². The monoisotopic (exact) mass is 552 g/mol. The molecular formula is C25H25BrN6O4. The van der Waals surface area contributed by atoms with Crippen LogP contribution in [0.2, 0.25) is 0 Å². The van der Waals surface area contributed by atoms with Crippen LogP contribution in [0.15, 0.2) is 51.5 Å². The molecule has 0 spiro atoms. The van der Waals surface area contributed by atoms with Crippen molar-refractivity contribution < 1.29 is 18.7 Å². The minimum atomic E-state index is -0.259. The highest BCUT2D eigenvalue weighted by atomic mass is 79.9. The van der Waals surface area contributed by atoms with Crippen LogP contribution >= 0.6 is 15.9 Å². The number of furan rings is 1. The maximum atomic E-state index is 13.0. The summed E-state index contributed by atoms with van der Waals surface area (Å²) < 4.78 is 19.6. The molecule has 0 unspecified atom stereocenters. The van der Waals surface area contributed by atoms with Crippen LogP contribution in [0.4, 0.5) is 5.82 Å². The van der Waals surface area contributed by atoms with Gasteiger partial charge in [0.25, 0.3) is 11.9 Å². The molecule has 0 bridgehead atoms. The summed E-state index contributed by atoms with van der Waals surface area (Å²) in [5.74, 6) is 0.989. The third-order valence-electron chi connectivity index (χ3n) is 6.35. The van der Waals surface area contributed by atoms with Crippen LogP contribution in [0.25, 0.3) is 28.3 Å². The summed E-state index contributed by atoms with van der Waals surface area (Å²) in [6, 6.07) is 11.6. The topological polar surface area (TPSA) is 108 Å². The first-order valence-electron chi connectivity index (χ1n) is 12.0. The second kappa shape index (κ2) is 10.00. The quantitative estimate of drug-likeness (QED) is 0.400. The van der Waals surface area contributed by atoms with Crippen molar-refractivity contribution in [3.63, 3.8) is 0 Å². The average Bonchev–Trinajstić information content (AvgIpc) is 3.57. The second-order valence-electron chi connectivity index (χ2n) is 8.79. The summed E-state index contributed by atoms with van der Waals surface area (Å²) in [5, 5.41) is 7.76. The van der Waals surface area contributed by atoms with Gasteiger partial charge in [-0.05, 0) is 31.0 Å². The fraction of sp³-hybridized carbons (Fsp3) is 0.360. The van der Waals surface area contributed by atoms with Crippen molar-refractivity contribution >= 4 is 38.8 Å². The molecule has 1 amide bonds. The largest absolute Gasteiger partial charge is 0.445 e. The Bertz CT molecular complexity index is 1390. The summed E-state index contributed by atoms with van der Waals surface area (Å²) in [4.78, 5) is 24.6. The maximum Gasteiger partial charge on any atom is 0.287 e. The van der Waals surface area contributed by atoms with Crippen LogP contribution < -0.4 is 10.2 Å². The third-order valence-corrected chi connectivity index (χ3v) is 6.84. The molecule has 1 aromatic carbocycles. The summed E-state index contributed by atoms with van der Waals surface area (Å²) in [5.41, 5.74) is 2.82. The second-order valence-corrected chi connectivity index (χ2v) is 9.70. The lowest BCUT2D eigenvalue weighted by molar-refractivity contribution is 0.0684. The number of ether oxygens (including phenoxy) is 2. The number of halogens is 1. The van der Waals surface area contributed by atoms with Gasteiger partial charge in [-0.15, -0.1) is 0 Å². The lowest BCUT2D eigenvalue weighted by Gasteiger charge is -2.27. The fourth-order valence-corrected chi connectivity index (χ4v) is 4.84. The van der Waals surface area contributed by atoms with Crippen molar-refractivity contribution in [1.29, 1.82) is 0 Å². The van der Waals surface area contributed by atoms with Crippen LogP contribution in [-0.2, 0) is 9.47 Å². The smallest absolute Gasteiger partial charge is 0.287 e. The third kappa shape index (κ3) is 4.73. The maximum absolute atomic E-state index is 13.0. The van der Waals surface area contributed by atoms with E-state index < -0.39 is 0 Å². The van der Waals surface area contributed by atoms with E-state index in [4.69, 9.17) is 29.0 Å². The van der Waals surface area contributed by atoms with Crippen LogP contribution in [0.5, 0.6) is 0 Å². The van der Waals surface area contributed by atoms with Crippen LogP contribution in [0.3, 0.4) is 0 Å². The molecule has 1 N–H and O–H groups in total. The van der Waals surface area contributed by atoms with Gasteiger partial charge in [0.2, 0.25) is 0 Å². The molecule has 4 aromatic rings. The summed E-state index contributed by atoms with van der Waals surface area (Å²) in [6.07, 6.45) is 3.41. The van der Waals surface area contributed by atoms with Gasteiger partial charge in [-0.3, -0.25) is 4.79 Å². The highest BCUT2D eigenvalue weighted by Crippen LogP contribution is 2.29. The number of anilines is 1. The van der Waals surface area contributed by atoms with Crippen molar-refractivity contribution in [2.75, 3.05) is 44.4 Å². The number of morpholine rings is 1. The lowest BCUT2D eigenvalue weighted by atomic mass is 10.1. The Hall–Kier alpha value is -3.28. The molecule has 0 radical (unpaired) electrons. The fourth-order valence-electron chi connectivity index (χ4n) is 4.44. The van der Waals surface area contributed by atoms with E-state index in [1.165, 1.54) is 0 Å². The molecule has 2 aliphatic rings. The molecule has 3 aromatic heterocycles. The summed E-state index contributed by atoms with van der Waals surface area (Å²) >= 11 is 3.51. The zero-order valence-corrected chi connectivity index (χ0v) is 21.1. The number of amides is 1. The van der Waals surface area contributed by atoms with Crippen molar-refractivity contribution in [2.24, 2.45) is 0 Å². The number of aromatic nitrogens is 4. The SMILES string of the molecule is O=C(NC1CCOCC1)c1cc2nc(-n3ccc(-c4cccc(Br)c4)n3)nc(N3CCOCC3)c2o1. The Morgan fingerprint density at radius 2 is 1.83 bits per heavy atom. The van der Waals surface area contributed by atoms with Gasteiger partial charge >= 0.3 is 0 Å². The number of carbonyl (C=O) groups is 1. The molecule has 0 atom stereocenters. The van der Waals surface area contributed by atoms with Crippen molar-refractivity contribution in [1.82, 2.24) is 25.1 Å². The van der Waals surface area contributed by atoms with Crippen LogP contribution in [0.1, 0.15) is 23.4 Å². The van der Waals surface area contributed by atoms with E-state index in [-0.39, 0.29) is 17.7 Å². The first kappa shape index (κ1) is 23.1. The lowest BCUT2D eigenvalue weighted by Crippen LogP contribution is -2.38. The normalized spacial score (nSPS) is 17.0. The minimum absolute atomic E-state index is 0.0698. The number of carbonyl (C=O) groups excluding carboxylic acids is 1. The molecule has 11 heteroatoms. The predicted molar refractivity (Wildman–Crippen MR) is 136 cm³/mol. The highest BCUT2D eigenvalue weighted by Gasteiger charge is 2.25. The van der Waals surface area contributed by atoms with E-state index in [1.54, 1.807) is 10.7 Å². The zero-order valence-electron chi connectivity index (χ0n) is 19.5. The number of hydrogen-bond acceptors (Lipinski definition) is 8. The average molecular weight is 553 g/mol. The van der Waals surface area contributed by atoms with E-state index in [0.717, 1.165) is 28.6 Å². The van der Waals surface area contributed by atoms with Gasteiger partial charge in [0, 0.05) is 54.6 Å². The number of rotatable bonds is 5. The van der Waals surface area contributed by atoms with Crippen molar-refractivity contribution in [3.05, 3.63) is 52.8 Å². The molecule has 2 aliphatic heterocycles. The first-order valence-corrected chi connectivity index (χ1v) is 12.8. The number of benzene rings is 1. The van der Waals surface area contributed by atoms with Gasteiger partial charge in [-0.25, -0.2) is 9.67 Å². The minimum Gasteiger partial charge on any atom is -0.445 e. The molecule has 10 nitrogen and oxygen atoms in total. The number of nitrogens with zero attached hydrogens (tertiary/aromatic N) is 5. The summed E-state index contributed by atoms with van der Waals surface area (Å²) in [7, 11) is 0. The van der Waals surface area contributed by atoms with Crippen LogP contribution in [-0.4, -0.2) is 71.2 Å². The number of nitrogens with one attached hydrogen (secondary N) is 1. The Morgan fingerprint density at radius 1 is 1.03 bits per heavy atom. The van der Waals surface area contributed by atoms with E-state index in [2.05, 4.69) is 26.1 Å². The number of hydrogen-bond donors (Lipinski definition) is 1. The van der Waals surface area contributed by atoms with Gasteiger partial charge in [-0.1, -0.05) is 28.1 Å². The molecular weight excluding hydrogens is 528 g/mol. The Morgan fingerprint density at radius 3 is 2.64 bits per heavy atom. The van der Waals surface area contributed by atoms with E-state index in [0.29, 0.717) is 62.4 Å². The van der Waals surface area contributed by atoms with Gasteiger partial charge in [-0.2, -0.15) is 10.1 Å². The molecule has 6 rings (SSSR count). The molecule has 36 heavy (non-hydrogen) atoms. The van der Waals surface area contributed by atoms with Gasteiger partial charge in [0.05, 0.1) is 18.9 Å². The predicted octanol–water partition coefficient (Wildman–Crippen LogP) is 3.58. The summed E-state index contributed by atoms with van der Waals surface area (Å²) in [6.45, 7) is 3.80. The molecule has 2 fully saturated rings. The molecule has 5 heterocycles. The van der Waals surface area contributed by atoms with Crippen molar-refractivity contribution in [2.45, 2.75) is 18.9 Å². The Labute approximate surface area is 215 Å². The zero-order chi connectivity index (χ0) is 24.5. The number of fused-ring (bicyclic) bond motifs is 1. The molecule has 0 saturated carbocycles. The molecule has 186 valence electrons. The standard InChI is InChI=1S/C25H25BrN6O4/c26-17-3-1-2-16(14-17)19-4-7-32(30-19)25-28-20-15-21(24(33)27-18-5-10-34-11-6-18)36-22(20)23(29-25)31-8-12-35-13-9-31/h1-4,7,14-15,18H,5-6,8-13H2,(H,27,33). The van der Waals surface area contributed by atoms with Crippen molar-refractivity contribution in [3.8, 4) is 17.2 Å². The Balaban J connectivity index is 1.37. The highest BCUT2D eigenvalue weighted by molar-refractivity contribution is 9.10. The first-order chi connectivity index (χ1) is 17.6. The van der Waals surface area contributed by atoms with E-state index in [9.17, 15) is 4.79 Å². The van der Waals surface area contributed by atoms with Gasteiger partial charge < -0.3 is 24.1 Å². The van der Waals surface area contributed by atoms with Gasteiger partial charge in [0.1, 0.15) is 5.52 Å². The molecule has 2 saturated heterocycles. The Kier molecular flexibility index (Phi) is 6.43. The van der Waals surface area contributed by atoms with Crippen LogP contribution in [0, 0.1) is 0 Å². The van der Waals surface area contributed by atoms with E-state index >= 15 is 0 Å².